The molecular weight excluding hydrogens is 352 g/mol. The second kappa shape index (κ2) is 6.74. The van der Waals surface area contributed by atoms with Gasteiger partial charge in [-0.2, -0.15) is 0 Å². The Hall–Kier alpha value is -2.67. The smallest absolute Gasteiger partial charge is 0.274 e. The highest BCUT2D eigenvalue weighted by Crippen LogP contribution is 2.42. The lowest BCUT2D eigenvalue weighted by Crippen LogP contribution is -2.57. The van der Waals surface area contributed by atoms with Gasteiger partial charge < -0.3 is 14.3 Å². The summed E-state index contributed by atoms with van der Waals surface area (Å²) in [4.78, 5) is 30.2. The third-order valence-corrected chi connectivity index (χ3v) is 6.35. The molecule has 1 saturated heterocycles. The molecule has 2 aliphatic rings. The minimum Gasteiger partial charge on any atom is -0.348 e. The molecule has 3 aromatic rings. The highest BCUT2D eigenvalue weighted by molar-refractivity contribution is 5.93. The molecule has 0 radical (unpaired) electrons. The molecule has 5 heterocycles. The van der Waals surface area contributed by atoms with Crippen molar-refractivity contribution in [2.45, 2.75) is 38.1 Å². The van der Waals surface area contributed by atoms with E-state index >= 15 is 0 Å². The molecule has 0 unspecified atom stereocenters. The molecule has 0 aliphatic carbocycles. The van der Waals surface area contributed by atoms with Crippen LogP contribution < -0.4 is 0 Å². The Kier molecular flexibility index (Phi) is 4.19. The van der Waals surface area contributed by atoms with Crippen molar-refractivity contribution in [1.82, 2.24) is 29.2 Å². The monoisotopic (exact) mass is 378 g/mol. The number of piperidine rings is 1. The maximum absolute atomic E-state index is 13.1. The van der Waals surface area contributed by atoms with Crippen molar-refractivity contribution in [2.75, 3.05) is 26.2 Å². The molecule has 1 amide bonds. The Balaban J connectivity index is 1.38. The second-order valence-electron chi connectivity index (χ2n) is 7.88. The number of amides is 1. The summed E-state index contributed by atoms with van der Waals surface area (Å²) in [6.45, 7) is 5.84. The van der Waals surface area contributed by atoms with Crippen molar-refractivity contribution in [3.8, 4) is 0 Å². The third-order valence-electron chi connectivity index (χ3n) is 6.35. The molecule has 1 N–H and O–H groups in total. The van der Waals surface area contributed by atoms with Crippen LogP contribution >= 0.6 is 0 Å². The average molecular weight is 378 g/mol. The quantitative estimate of drug-likeness (QED) is 0.760. The van der Waals surface area contributed by atoms with Gasteiger partial charge in [0.05, 0.1) is 17.6 Å². The van der Waals surface area contributed by atoms with Crippen LogP contribution in [0.1, 0.15) is 48.1 Å². The normalized spacial score (nSPS) is 19.2. The van der Waals surface area contributed by atoms with Crippen LogP contribution in [0.2, 0.25) is 0 Å². The van der Waals surface area contributed by atoms with Crippen LogP contribution in [0.15, 0.2) is 36.9 Å². The Morgan fingerprint density at radius 2 is 2.11 bits per heavy atom. The molecule has 28 heavy (non-hydrogen) atoms. The first-order valence-electron chi connectivity index (χ1n) is 10.2. The van der Waals surface area contributed by atoms with Crippen LogP contribution in [0.25, 0.3) is 5.65 Å². The summed E-state index contributed by atoms with van der Waals surface area (Å²) in [5.41, 5.74) is 3.76. The van der Waals surface area contributed by atoms with E-state index in [1.807, 2.05) is 46.2 Å². The number of likely N-dealkylation sites (tertiary alicyclic amines) is 1. The summed E-state index contributed by atoms with van der Waals surface area (Å²) >= 11 is 0. The first-order chi connectivity index (χ1) is 13.7. The number of hydrogen-bond donors (Lipinski definition) is 1. The van der Waals surface area contributed by atoms with E-state index < -0.39 is 0 Å². The van der Waals surface area contributed by atoms with Gasteiger partial charge in [-0.1, -0.05) is 13.0 Å². The second-order valence-corrected chi connectivity index (χ2v) is 7.88. The molecule has 1 spiro atoms. The number of rotatable bonds is 3. The number of aromatic amines is 1. The Labute approximate surface area is 164 Å². The summed E-state index contributed by atoms with van der Waals surface area (Å²) < 4.78 is 1.90. The molecule has 146 valence electrons. The number of carbonyl (C=O) groups excluding carboxylic acids is 1. The Bertz CT molecular complexity index is 964. The van der Waals surface area contributed by atoms with Crippen LogP contribution in [-0.4, -0.2) is 61.2 Å². The van der Waals surface area contributed by atoms with Crippen molar-refractivity contribution < 1.29 is 4.79 Å². The molecule has 2 aliphatic heterocycles. The topological polar surface area (TPSA) is 69.5 Å². The number of carbonyl (C=O) groups is 1. The first-order valence-corrected chi connectivity index (χ1v) is 10.2. The number of hydrogen-bond acceptors (Lipinski definition) is 4. The summed E-state index contributed by atoms with van der Waals surface area (Å²) in [5, 5.41) is 0. The van der Waals surface area contributed by atoms with Gasteiger partial charge in [0.2, 0.25) is 0 Å². The van der Waals surface area contributed by atoms with Crippen LogP contribution in [0.4, 0.5) is 0 Å². The lowest BCUT2D eigenvalue weighted by Gasteiger charge is -2.50. The number of nitrogens with zero attached hydrogens (tertiary/aromatic N) is 5. The van der Waals surface area contributed by atoms with E-state index in [1.54, 1.807) is 0 Å². The zero-order valence-corrected chi connectivity index (χ0v) is 16.3. The van der Waals surface area contributed by atoms with Gasteiger partial charge in [0.15, 0.2) is 0 Å². The summed E-state index contributed by atoms with van der Waals surface area (Å²) in [6.07, 6.45) is 9.59. The number of H-pyrrole nitrogens is 1. The van der Waals surface area contributed by atoms with E-state index in [4.69, 9.17) is 4.98 Å². The van der Waals surface area contributed by atoms with Crippen molar-refractivity contribution in [2.24, 2.45) is 0 Å². The molecule has 5 rings (SSSR count). The predicted molar refractivity (Wildman–Crippen MR) is 106 cm³/mol. The van der Waals surface area contributed by atoms with E-state index in [2.05, 4.69) is 21.8 Å². The number of pyridine rings is 1. The lowest BCUT2D eigenvalue weighted by molar-refractivity contribution is 0.00692. The number of nitrogens with one attached hydrogen (secondary N) is 1. The van der Waals surface area contributed by atoms with Crippen molar-refractivity contribution in [3.63, 3.8) is 0 Å². The summed E-state index contributed by atoms with van der Waals surface area (Å²) in [5.74, 6) is 0.0265. The van der Waals surface area contributed by atoms with E-state index in [9.17, 15) is 4.79 Å². The number of imidazole rings is 2. The highest BCUT2D eigenvalue weighted by atomic mass is 16.2. The zero-order chi connectivity index (χ0) is 19.1. The lowest BCUT2D eigenvalue weighted by atomic mass is 9.78. The fourth-order valence-electron chi connectivity index (χ4n) is 4.95. The fourth-order valence-corrected chi connectivity index (χ4v) is 4.95. The van der Waals surface area contributed by atoms with E-state index in [0.717, 1.165) is 57.5 Å². The van der Waals surface area contributed by atoms with Crippen molar-refractivity contribution >= 4 is 11.6 Å². The summed E-state index contributed by atoms with van der Waals surface area (Å²) in [7, 11) is 0. The molecule has 3 aromatic heterocycles. The molecule has 0 aromatic carbocycles. The number of fused-ring (bicyclic) bond motifs is 3. The fraction of sp³-hybridized carbons (Fsp3) is 0.476. The zero-order valence-electron chi connectivity index (χ0n) is 16.3. The Morgan fingerprint density at radius 3 is 2.89 bits per heavy atom. The van der Waals surface area contributed by atoms with E-state index in [-0.39, 0.29) is 11.4 Å². The minimum absolute atomic E-state index is 0.0265. The van der Waals surface area contributed by atoms with Gasteiger partial charge in [-0.3, -0.25) is 9.69 Å². The average Bonchev–Trinajstić information content (AvgIpc) is 3.38. The van der Waals surface area contributed by atoms with Crippen LogP contribution in [-0.2, 0) is 12.0 Å². The van der Waals surface area contributed by atoms with Crippen LogP contribution in [0.3, 0.4) is 0 Å². The molecular formula is C21H26N6O. The molecule has 1 fully saturated rings. The van der Waals surface area contributed by atoms with Gasteiger partial charge in [0.25, 0.3) is 5.91 Å². The maximum atomic E-state index is 13.1. The van der Waals surface area contributed by atoms with Gasteiger partial charge in [0.1, 0.15) is 11.3 Å². The minimum atomic E-state index is -0.0424. The van der Waals surface area contributed by atoms with Gasteiger partial charge in [0, 0.05) is 44.1 Å². The van der Waals surface area contributed by atoms with Gasteiger partial charge in [-0.05, 0) is 37.9 Å². The Morgan fingerprint density at radius 1 is 1.25 bits per heavy atom. The van der Waals surface area contributed by atoms with Gasteiger partial charge in [-0.15, -0.1) is 0 Å². The highest BCUT2D eigenvalue weighted by Gasteiger charge is 2.46. The molecule has 7 heteroatoms. The molecule has 0 atom stereocenters. The van der Waals surface area contributed by atoms with Crippen molar-refractivity contribution in [1.29, 1.82) is 0 Å². The SMILES string of the molecule is CCCN1CCc2[nH]cnc2C12CCN(C(=O)c1cn3ccccc3n1)CC2. The summed E-state index contributed by atoms with van der Waals surface area (Å²) in [6, 6.07) is 5.81. The standard InChI is InChI=1S/C21H26N6O/c1-2-9-27-11-6-16-19(23-15-22-16)21(27)7-12-25(13-8-21)20(28)17-14-26-10-4-3-5-18(26)24-17/h3-5,10,14-15H,2,6-9,11-13H2,1H3,(H,22,23). The predicted octanol–water partition coefficient (Wildman–Crippen LogP) is 2.46. The molecule has 0 saturated carbocycles. The van der Waals surface area contributed by atoms with Gasteiger partial charge >= 0.3 is 0 Å². The van der Waals surface area contributed by atoms with E-state index in [0.29, 0.717) is 5.69 Å². The maximum Gasteiger partial charge on any atom is 0.274 e. The number of aromatic nitrogens is 4. The van der Waals surface area contributed by atoms with Crippen molar-refractivity contribution in [3.05, 3.63) is 54.0 Å². The largest absolute Gasteiger partial charge is 0.348 e. The third kappa shape index (κ3) is 2.64. The van der Waals surface area contributed by atoms with Crippen LogP contribution in [0.5, 0.6) is 0 Å². The first kappa shape index (κ1) is 17.4. The van der Waals surface area contributed by atoms with E-state index in [1.165, 1.54) is 11.4 Å². The molecule has 7 nitrogen and oxygen atoms in total. The van der Waals surface area contributed by atoms with Crippen LogP contribution in [0, 0.1) is 0 Å². The molecule has 0 bridgehead atoms. The van der Waals surface area contributed by atoms with Gasteiger partial charge in [-0.25, -0.2) is 9.97 Å².